The Balaban J connectivity index is 1.77. The Kier molecular flexibility index (Phi) is 3.57. The molecule has 2 aromatic heterocycles. The molecular weight excluding hydrogens is 342 g/mol. The molecule has 3 aromatic rings. The van der Waals surface area contributed by atoms with Gasteiger partial charge in [-0.2, -0.15) is 14.7 Å². The second-order valence-electron chi connectivity index (χ2n) is 5.71. The van der Waals surface area contributed by atoms with Crippen LogP contribution in [0.5, 0.6) is 0 Å². The van der Waals surface area contributed by atoms with E-state index in [1.54, 1.807) is 0 Å². The summed E-state index contributed by atoms with van der Waals surface area (Å²) in [5.74, 6) is -0.992. The number of nitrogens with zero attached hydrogens (tertiary/aromatic N) is 5. The Morgan fingerprint density at radius 3 is 2.80 bits per heavy atom. The van der Waals surface area contributed by atoms with E-state index in [0.717, 1.165) is 22.5 Å². The predicted molar refractivity (Wildman–Crippen MR) is 92.4 cm³/mol. The van der Waals surface area contributed by atoms with Crippen LogP contribution in [0.25, 0.3) is 11.2 Å². The van der Waals surface area contributed by atoms with Crippen LogP contribution in [0.4, 0.5) is 0 Å². The van der Waals surface area contributed by atoms with Crippen molar-refractivity contribution in [3.05, 3.63) is 56.6 Å². The highest BCUT2D eigenvalue weighted by Crippen LogP contribution is 2.21. The van der Waals surface area contributed by atoms with E-state index in [0.29, 0.717) is 15.2 Å². The molecule has 1 aliphatic rings. The van der Waals surface area contributed by atoms with Crippen LogP contribution in [-0.4, -0.2) is 42.4 Å². The third-order valence-corrected chi connectivity index (χ3v) is 4.94. The number of hydrazone groups is 1. The fourth-order valence-corrected chi connectivity index (χ4v) is 3.50. The van der Waals surface area contributed by atoms with E-state index in [1.807, 2.05) is 31.2 Å². The molecule has 0 unspecified atom stereocenters. The van der Waals surface area contributed by atoms with E-state index < -0.39 is 12.0 Å². The molecule has 8 nitrogen and oxygen atoms in total. The monoisotopic (exact) mass is 355 g/mol. The van der Waals surface area contributed by atoms with Crippen LogP contribution in [0, 0.1) is 6.92 Å². The Bertz CT molecular complexity index is 1100. The van der Waals surface area contributed by atoms with Crippen molar-refractivity contribution in [2.24, 2.45) is 5.10 Å². The number of carbonyl (C=O) groups is 1. The number of aromatic nitrogens is 3. The number of hydrogen-bond acceptors (Lipinski definition) is 7. The van der Waals surface area contributed by atoms with Gasteiger partial charge in [-0.1, -0.05) is 41.2 Å². The fourth-order valence-electron chi connectivity index (χ4n) is 2.66. The molecular formula is C16H13N5O3S. The van der Waals surface area contributed by atoms with Crippen LogP contribution < -0.4 is 10.1 Å². The molecule has 0 radical (unpaired) electrons. The first-order valence-electron chi connectivity index (χ1n) is 7.53. The molecule has 0 saturated heterocycles. The first-order valence-corrected chi connectivity index (χ1v) is 8.34. The van der Waals surface area contributed by atoms with E-state index in [1.165, 1.54) is 22.1 Å². The molecule has 0 aliphatic carbocycles. The van der Waals surface area contributed by atoms with Crippen LogP contribution >= 0.6 is 11.3 Å². The topological polar surface area (TPSA) is 100 Å². The van der Waals surface area contributed by atoms with E-state index >= 15 is 0 Å². The molecule has 1 aromatic carbocycles. The molecule has 3 heterocycles. The Morgan fingerprint density at radius 1 is 1.36 bits per heavy atom. The Morgan fingerprint density at radius 2 is 2.12 bits per heavy atom. The summed E-state index contributed by atoms with van der Waals surface area (Å²) < 4.78 is 1.53. The standard InChI is InChI=1S/C16H13N5O3S/c1-9-2-4-10(5-3-9)11-6-12(15(23)24)20(19-11)7-13-14(22)21-16(25-13)17-8-18-21/h2-5,7-8,12H,6H2,1H3,(H,23,24)/b13-7-/t12-/m0/s1. The van der Waals surface area contributed by atoms with Gasteiger partial charge in [0.15, 0.2) is 6.04 Å². The summed E-state index contributed by atoms with van der Waals surface area (Å²) in [6.07, 6.45) is 3.04. The molecule has 4 rings (SSSR count). The van der Waals surface area contributed by atoms with Crippen LogP contribution in [0.15, 0.2) is 40.5 Å². The number of hydrogen-bond donors (Lipinski definition) is 1. The second-order valence-corrected chi connectivity index (χ2v) is 6.71. The lowest BCUT2D eigenvalue weighted by molar-refractivity contribution is -0.141. The highest BCUT2D eigenvalue weighted by Gasteiger charge is 2.32. The number of rotatable bonds is 3. The number of benzene rings is 1. The normalized spacial score (nSPS) is 18.1. The molecule has 0 bridgehead atoms. The summed E-state index contributed by atoms with van der Waals surface area (Å²) >= 11 is 1.15. The van der Waals surface area contributed by atoms with E-state index in [2.05, 4.69) is 15.2 Å². The maximum Gasteiger partial charge on any atom is 0.328 e. The lowest BCUT2D eigenvalue weighted by Crippen LogP contribution is -2.34. The number of carboxylic acid groups (broad SMARTS) is 1. The molecule has 1 aliphatic heterocycles. The van der Waals surface area contributed by atoms with Gasteiger partial charge in [0, 0.05) is 12.6 Å². The molecule has 9 heteroatoms. The molecule has 0 saturated carbocycles. The lowest BCUT2D eigenvalue weighted by Gasteiger charge is -2.14. The summed E-state index contributed by atoms with van der Waals surface area (Å²) in [4.78, 5) is 28.3. The largest absolute Gasteiger partial charge is 0.480 e. The molecule has 1 N–H and O–H groups in total. The van der Waals surface area contributed by atoms with Crippen molar-refractivity contribution in [2.45, 2.75) is 19.4 Å². The van der Waals surface area contributed by atoms with Gasteiger partial charge in [0.2, 0.25) is 4.96 Å². The van der Waals surface area contributed by atoms with Crippen LogP contribution in [-0.2, 0) is 4.79 Å². The predicted octanol–water partition coefficient (Wildman–Crippen LogP) is 0.480. The summed E-state index contributed by atoms with van der Waals surface area (Å²) in [5, 5.41) is 19.1. The zero-order chi connectivity index (χ0) is 17.6. The fraction of sp³-hybridized carbons (Fsp3) is 0.188. The van der Waals surface area contributed by atoms with Gasteiger partial charge in [-0.3, -0.25) is 9.80 Å². The third kappa shape index (κ3) is 2.68. The zero-order valence-electron chi connectivity index (χ0n) is 13.2. The Labute approximate surface area is 145 Å². The van der Waals surface area contributed by atoms with Crippen molar-refractivity contribution in [2.75, 3.05) is 0 Å². The number of aryl methyl sites for hydroxylation is 1. The van der Waals surface area contributed by atoms with E-state index in [4.69, 9.17) is 0 Å². The average molecular weight is 355 g/mol. The van der Waals surface area contributed by atoms with Crippen molar-refractivity contribution in [1.29, 1.82) is 0 Å². The minimum atomic E-state index is -0.992. The number of carboxylic acids is 1. The van der Waals surface area contributed by atoms with Gasteiger partial charge >= 0.3 is 5.97 Å². The van der Waals surface area contributed by atoms with Crippen molar-refractivity contribution >= 4 is 34.2 Å². The quantitative estimate of drug-likeness (QED) is 0.733. The zero-order valence-corrected chi connectivity index (χ0v) is 14.0. The van der Waals surface area contributed by atoms with Gasteiger partial charge in [0.1, 0.15) is 10.9 Å². The first-order chi connectivity index (χ1) is 12.0. The van der Waals surface area contributed by atoms with E-state index in [-0.39, 0.29) is 12.0 Å². The van der Waals surface area contributed by atoms with Gasteiger partial charge in [0.05, 0.1) is 5.71 Å². The molecule has 0 fully saturated rings. The number of aliphatic carboxylic acids is 1. The first kappa shape index (κ1) is 15.5. The second kappa shape index (κ2) is 5.78. The summed E-state index contributed by atoms with van der Waals surface area (Å²) in [6.45, 7) is 1.98. The van der Waals surface area contributed by atoms with Gasteiger partial charge < -0.3 is 5.11 Å². The Hall–Kier alpha value is -3.07. The summed E-state index contributed by atoms with van der Waals surface area (Å²) in [5.41, 5.74) is 2.33. The smallest absolute Gasteiger partial charge is 0.328 e. The van der Waals surface area contributed by atoms with Crippen LogP contribution in [0.2, 0.25) is 0 Å². The summed E-state index contributed by atoms with van der Waals surface area (Å²) in [7, 11) is 0. The number of thiazole rings is 1. The molecule has 126 valence electrons. The van der Waals surface area contributed by atoms with Crippen LogP contribution in [0.3, 0.4) is 0 Å². The van der Waals surface area contributed by atoms with Crippen molar-refractivity contribution in [3.63, 3.8) is 0 Å². The highest BCUT2D eigenvalue weighted by atomic mass is 32.1. The third-order valence-electron chi connectivity index (χ3n) is 3.98. The number of fused-ring (bicyclic) bond motifs is 1. The van der Waals surface area contributed by atoms with Crippen molar-refractivity contribution in [1.82, 2.24) is 19.6 Å². The molecule has 0 amide bonds. The minimum absolute atomic E-state index is 0.268. The van der Waals surface area contributed by atoms with Crippen LogP contribution in [0.1, 0.15) is 17.5 Å². The molecule has 25 heavy (non-hydrogen) atoms. The van der Waals surface area contributed by atoms with Crippen molar-refractivity contribution in [3.8, 4) is 0 Å². The van der Waals surface area contributed by atoms with E-state index in [9.17, 15) is 14.7 Å². The summed E-state index contributed by atoms with van der Waals surface area (Å²) in [6, 6.07) is 6.89. The van der Waals surface area contributed by atoms with Gasteiger partial charge in [-0.25, -0.2) is 9.78 Å². The van der Waals surface area contributed by atoms with Gasteiger partial charge in [-0.05, 0) is 12.5 Å². The van der Waals surface area contributed by atoms with Gasteiger partial charge in [-0.15, -0.1) is 0 Å². The maximum absolute atomic E-state index is 12.3. The average Bonchev–Trinajstić information content (AvgIpc) is 3.27. The molecule has 0 spiro atoms. The minimum Gasteiger partial charge on any atom is -0.480 e. The highest BCUT2D eigenvalue weighted by molar-refractivity contribution is 7.14. The molecule has 1 atom stereocenters. The maximum atomic E-state index is 12.3. The lowest BCUT2D eigenvalue weighted by atomic mass is 10.0. The van der Waals surface area contributed by atoms with Crippen molar-refractivity contribution < 1.29 is 9.90 Å². The SMILES string of the molecule is Cc1ccc(C2=NN(/C=c3\sc4ncnn4c3=O)[C@H](C(=O)O)C2)cc1. The van der Waals surface area contributed by atoms with Gasteiger partial charge in [0.25, 0.3) is 5.56 Å².